The van der Waals surface area contributed by atoms with Crippen LogP contribution in [0, 0.1) is 0 Å². The third-order valence-corrected chi connectivity index (χ3v) is 16.4. The van der Waals surface area contributed by atoms with Crippen LogP contribution in [0.1, 0.15) is 400 Å². The van der Waals surface area contributed by atoms with E-state index in [1.165, 1.54) is 289 Å². The van der Waals surface area contributed by atoms with Crippen LogP contribution in [0.5, 0.6) is 0 Å². The van der Waals surface area contributed by atoms with Crippen molar-refractivity contribution in [3.63, 3.8) is 0 Å². The summed E-state index contributed by atoms with van der Waals surface area (Å²) in [6.45, 7) is 6.64. The van der Waals surface area contributed by atoms with Gasteiger partial charge in [-0.25, -0.2) is 0 Å². The number of hydrogen-bond donors (Lipinski definition) is 0. The van der Waals surface area contributed by atoms with E-state index in [0.717, 1.165) is 70.6 Å². The van der Waals surface area contributed by atoms with Crippen molar-refractivity contribution in [3.8, 4) is 0 Å². The predicted octanol–water partition coefficient (Wildman–Crippen LogP) is 24.7. The van der Waals surface area contributed by atoms with Crippen LogP contribution in [0.3, 0.4) is 0 Å². The van der Waals surface area contributed by atoms with Gasteiger partial charge in [0.05, 0.1) is 0 Å². The number of allylic oxidation sites excluding steroid dienone is 6. The van der Waals surface area contributed by atoms with Crippen LogP contribution in [0.2, 0.25) is 0 Å². The number of ether oxygens (including phenoxy) is 3. The first kappa shape index (κ1) is 77.6. The lowest BCUT2D eigenvalue weighted by Crippen LogP contribution is -2.30. The van der Waals surface area contributed by atoms with Crippen LogP contribution < -0.4 is 0 Å². The minimum atomic E-state index is -0.767. The molecule has 0 saturated heterocycles. The molecule has 1 unspecified atom stereocenters. The number of unbranched alkanes of at least 4 members (excludes halogenated alkanes) is 50. The van der Waals surface area contributed by atoms with Gasteiger partial charge in [-0.3, -0.25) is 14.4 Å². The van der Waals surface area contributed by atoms with Gasteiger partial charge in [0, 0.05) is 19.3 Å². The number of rotatable bonds is 67. The fourth-order valence-corrected chi connectivity index (χ4v) is 11.0. The molecule has 0 bridgehead atoms. The van der Waals surface area contributed by atoms with E-state index in [1.54, 1.807) is 0 Å². The molecule has 0 aromatic carbocycles. The van der Waals surface area contributed by atoms with Crippen molar-refractivity contribution in [3.05, 3.63) is 36.5 Å². The molecule has 0 aliphatic heterocycles. The summed E-state index contributed by atoms with van der Waals surface area (Å²) >= 11 is 0. The molecule has 0 aliphatic carbocycles. The van der Waals surface area contributed by atoms with Crippen LogP contribution in [-0.2, 0) is 28.6 Å². The smallest absolute Gasteiger partial charge is 0.306 e. The zero-order chi connectivity index (χ0) is 57.8. The van der Waals surface area contributed by atoms with Crippen molar-refractivity contribution >= 4 is 17.9 Å². The molecular formula is C74H138O6. The van der Waals surface area contributed by atoms with Gasteiger partial charge in [-0.05, 0) is 57.8 Å². The maximum Gasteiger partial charge on any atom is 0.306 e. The van der Waals surface area contributed by atoms with Gasteiger partial charge in [0.2, 0.25) is 0 Å². The molecule has 0 aromatic rings. The van der Waals surface area contributed by atoms with Crippen molar-refractivity contribution in [2.24, 2.45) is 0 Å². The van der Waals surface area contributed by atoms with Crippen LogP contribution >= 0.6 is 0 Å². The molecule has 0 saturated carbocycles. The van der Waals surface area contributed by atoms with E-state index < -0.39 is 6.10 Å². The Morgan fingerprint density at radius 1 is 0.250 bits per heavy atom. The van der Waals surface area contributed by atoms with Gasteiger partial charge in [-0.2, -0.15) is 0 Å². The number of carbonyl (C=O) groups is 3. The van der Waals surface area contributed by atoms with Crippen LogP contribution in [0.25, 0.3) is 0 Å². The normalized spacial score (nSPS) is 12.2. The molecule has 0 aliphatic rings. The fraction of sp³-hybridized carbons (Fsp3) is 0.878. The number of esters is 3. The number of carbonyl (C=O) groups excluding carboxylic acids is 3. The third kappa shape index (κ3) is 66.4. The van der Waals surface area contributed by atoms with Crippen molar-refractivity contribution in [2.75, 3.05) is 13.2 Å². The lowest BCUT2D eigenvalue weighted by Gasteiger charge is -2.18. The summed E-state index contributed by atoms with van der Waals surface area (Å²) in [6, 6.07) is 0. The zero-order valence-corrected chi connectivity index (χ0v) is 54.1. The Kier molecular flexibility index (Phi) is 67.1. The summed E-state index contributed by atoms with van der Waals surface area (Å²) in [5.41, 5.74) is 0. The summed E-state index contributed by atoms with van der Waals surface area (Å²) in [7, 11) is 0. The Morgan fingerprint density at radius 2 is 0.450 bits per heavy atom. The minimum Gasteiger partial charge on any atom is -0.462 e. The molecule has 0 fully saturated rings. The van der Waals surface area contributed by atoms with Crippen LogP contribution in [0.15, 0.2) is 36.5 Å². The lowest BCUT2D eigenvalue weighted by atomic mass is 10.0. The SMILES string of the molecule is CCCCCCC/C=C\C/C=C\C/C=C\CCCCCCCCCCCCCCCCC(=O)OCC(COC(=O)CCCCCCCC)OC(=O)CCCCCCCCCCCCCCCCCCCCCCCCCCCCC. The molecule has 0 N–H and O–H groups in total. The summed E-state index contributed by atoms with van der Waals surface area (Å²) in [4.78, 5) is 38.1. The van der Waals surface area contributed by atoms with Gasteiger partial charge in [-0.1, -0.05) is 359 Å². The Morgan fingerprint density at radius 3 is 0.700 bits per heavy atom. The number of hydrogen-bond acceptors (Lipinski definition) is 6. The first-order valence-corrected chi connectivity index (χ1v) is 36.0. The van der Waals surface area contributed by atoms with Crippen LogP contribution in [0.4, 0.5) is 0 Å². The summed E-state index contributed by atoms with van der Waals surface area (Å²) < 4.78 is 16.9. The van der Waals surface area contributed by atoms with Crippen molar-refractivity contribution in [1.29, 1.82) is 0 Å². The lowest BCUT2D eigenvalue weighted by molar-refractivity contribution is -0.167. The molecule has 0 heterocycles. The molecule has 0 radical (unpaired) electrons. The third-order valence-electron chi connectivity index (χ3n) is 16.4. The van der Waals surface area contributed by atoms with E-state index in [1.807, 2.05) is 0 Å². The molecule has 0 spiro atoms. The molecule has 6 nitrogen and oxygen atoms in total. The average Bonchev–Trinajstić information content (AvgIpc) is 3.46. The first-order valence-electron chi connectivity index (χ1n) is 36.0. The predicted molar refractivity (Wildman–Crippen MR) is 349 cm³/mol. The van der Waals surface area contributed by atoms with Gasteiger partial charge >= 0.3 is 17.9 Å². The van der Waals surface area contributed by atoms with E-state index in [0.29, 0.717) is 19.3 Å². The molecule has 1 atom stereocenters. The molecular weight excluding hydrogens is 985 g/mol. The highest BCUT2D eigenvalue weighted by molar-refractivity contribution is 5.71. The Hall–Kier alpha value is -2.37. The van der Waals surface area contributed by atoms with Crippen molar-refractivity contribution in [1.82, 2.24) is 0 Å². The molecule has 6 heteroatoms. The van der Waals surface area contributed by atoms with Gasteiger partial charge in [0.15, 0.2) is 6.10 Å². The molecule has 0 aromatic heterocycles. The topological polar surface area (TPSA) is 78.9 Å². The average molecular weight is 1120 g/mol. The second-order valence-electron chi connectivity index (χ2n) is 24.5. The maximum atomic E-state index is 12.9. The van der Waals surface area contributed by atoms with Crippen molar-refractivity contribution in [2.45, 2.75) is 406 Å². The summed E-state index contributed by atoms with van der Waals surface area (Å²) in [5.74, 6) is -0.850. The standard InChI is InChI=1S/C74H138O6/c1-4-7-10-13-16-18-20-22-24-26-28-30-32-34-36-37-39-40-42-44-46-48-50-52-54-56-58-61-64-67-73(76)79-70-71(69-78-72(75)66-63-60-15-12-9-6-3)80-74(77)68-65-62-59-57-55-53-51-49-47-45-43-41-38-35-33-31-29-27-25-23-21-19-17-14-11-8-5-2/h20,22,26,28,32,34,71H,4-19,21,23-25,27,29-31,33,35-70H2,1-3H3/b22-20-,28-26-,34-32-. The van der Waals surface area contributed by atoms with E-state index in [-0.39, 0.29) is 31.1 Å². The molecule has 0 amide bonds. The highest BCUT2D eigenvalue weighted by Crippen LogP contribution is 2.19. The van der Waals surface area contributed by atoms with Crippen LogP contribution in [-0.4, -0.2) is 37.2 Å². The monoisotopic (exact) mass is 1120 g/mol. The van der Waals surface area contributed by atoms with E-state index >= 15 is 0 Å². The van der Waals surface area contributed by atoms with Crippen molar-refractivity contribution < 1.29 is 28.6 Å². The Balaban J connectivity index is 3.97. The Labute approximate surface area is 499 Å². The van der Waals surface area contributed by atoms with Gasteiger partial charge in [0.25, 0.3) is 0 Å². The largest absolute Gasteiger partial charge is 0.462 e. The second kappa shape index (κ2) is 69.1. The van der Waals surface area contributed by atoms with E-state index in [9.17, 15) is 14.4 Å². The highest BCUT2D eigenvalue weighted by atomic mass is 16.6. The zero-order valence-electron chi connectivity index (χ0n) is 54.1. The van der Waals surface area contributed by atoms with E-state index in [4.69, 9.17) is 14.2 Å². The quantitative estimate of drug-likeness (QED) is 0.0261. The summed E-state index contributed by atoms with van der Waals surface area (Å²) in [6.07, 6.45) is 86.6. The minimum absolute atomic E-state index is 0.0672. The first-order chi connectivity index (χ1) is 39.5. The highest BCUT2D eigenvalue weighted by Gasteiger charge is 2.19. The molecule has 80 heavy (non-hydrogen) atoms. The second-order valence-corrected chi connectivity index (χ2v) is 24.5. The fourth-order valence-electron chi connectivity index (χ4n) is 11.0. The van der Waals surface area contributed by atoms with Gasteiger partial charge in [0.1, 0.15) is 13.2 Å². The Bertz CT molecular complexity index is 1340. The van der Waals surface area contributed by atoms with E-state index in [2.05, 4.69) is 57.2 Å². The van der Waals surface area contributed by atoms with Gasteiger partial charge < -0.3 is 14.2 Å². The molecule has 0 rings (SSSR count). The maximum absolute atomic E-state index is 12.9. The molecule has 470 valence electrons. The van der Waals surface area contributed by atoms with Gasteiger partial charge in [-0.15, -0.1) is 0 Å². The summed E-state index contributed by atoms with van der Waals surface area (Å²) in [5, 5.41) is 0.